The van der Waals surface area contributed by atoms with E-state index < -0.39 is 14.8 Å². The Morgan fingerprint density at radius 3 is 2.45 bits per heavy atom. The maximum atomic E-state index is 12.0. The Balaban J connectivity index is 2.15. The van der Waals surface area contributed by atoms with Crippen LogP contribution >= 0.6 is 11.6 Å². The van der Waals surface area contributed by atoms with Crippen molar-refractivity contribution in [3.63, 3.8) is 0 Å². The van der Waals surface area contributed by atoms with Crippen LogP contribution in [0.2, 0.25) is 5.02 Å². The van der Waals surface area contributed by atoms with Crippen LogP contribution in [0.4, 0.5) is 5.69 Å². The second kappa shape index (κ2) is 6.72. The lowest BCUT2D eigenvalue weighted by Crippen LogP contribution is -1.99. The number of nitro benzene ring substituents is 1. The quantitative estimate of drug-likeness (QED) is 0.613. The van der Waals surface area contributed by atoms with Gasteiger partial charge in [0.25, 0.3) is 5.69 Å². The Hall–Kier alpha value is -2.18. The number of sulfone groups is 1. The standard InChI is InChI=1S/C15H12ClNO4S/c16-14-6-4-13(5-7-14)11-22(20,21)9-8-12-2-1-3-15(10-12)17(18)19/h1-10H,11H2/b9-8+. The normalized spacial score (nSPS) is 11.7. The minimum absolute atomic E-state index is 0.0859. The number of nitro groups is 1. The Kier molecular flexibility index (Phi) is 4.95. The van der Waals surface area contributed by atoms with Crippen molar-refractivity contribution in [1.29, 1.82) is 0 Å². The molecular weight excluding hydrogens is 326 g/mol. The molecule has 0 spiro atoms. The number of hydrogen-bond donors (Lipinski definition) is 0. The number of nitrogens with zero attached hydrogens (tertiary/aromatic N) is 1. The minimum atomic E-state index is -3.47. The van der Waals surface area contributed by atoms with Crippen LogP contribution in [0.25, 0.3) is 6.08 Å². The Labute approximate surface area is 132 Å². The molecule has 0 aromatic heterocycles. The van der Waals surface area contributed by atoms with Crippen molar-refractivity contribution in [1.82, 2.24) is 0 Å². The van der Waals surface area contributed by atoms with Crippen molar-refractivity contribution in [2.75, 3.05) is 0 Å². The lowest BCUT2D eigenvalue weighted by Gasteiger charge is -2.00. The third-order valence-electron chi connectivity index (χ3n) is 2.83. The SMILES string of the molecule is O=[N+]([O-])c1cccc(/C=C/S(=O)(=O)Cc2ccc(Cl)cc2)c1. The van der Waals surface area contributed by atoms with Gasteiger partial charge in [-0.2, -0.15) is 0 Å². The first-order valence-corrected chi connectivity index (χ1v) is 8.35. The summed E-state index contributed by atoms with van der Waals surface area (Å²) in [7, 11) is -3.47. The molecule has 0 unspecified atom stereocenters. The maximum Gasteiger partial charge on any atom is 0.270 e. The first kappa shape index (κ1) is 16.2. The molecule has 2 aromatic carbocycles. The van der Waals surface area contributed by atoms with E-state index in [1.54, 1.807) is 30.3 Å². The summed E-state index contributed by atoms with van der Waals surface area (Å²) in [6, 6.07) is 12.3. The van der Waals surface area contributed by atoms with Gasteiger partial charge in [0.05, 0.1) is 10.7 Å². The molecule has 0 saturated carbocycles. The number of halogens is 1. The topological polar surface area (TPSA) is 77.3 Å². The molecule has 0 amide bonds. The summed E-state index contributed by atoms with van der Waals surface area (Å²) in [5, 5.41) is 12.3. The average Bonchev–Trinajstić information content (AvgIpc) is 2.48. The molecule has 22 heavy (non-hydrogen) atoms. The van der Waals surface area contributed by atoms with Crippen LogP contribution in [0.5, 0.6) is 0 Å². The van der Waals surface area contributed by atoms with Crippen LogP contribution in [0.1, 0.15) is 11.1 Å². The van der Waals surface area contributed by atoms with Crippen LogP contribution < -0.4 is 0 Å². The fraction of sp³-hybridized carbons (Fsp3) is 0.0667. The summed E-state index contributed by atoms with van der Waals surface area (Å²) in [5.74, 6) is -0.157. The highest BCUT2D eigenvalue weighted by atomic mass is 35.5. The molecule has 7 heteroatoms. The van der Waals surface area contributed by atoms with Crippen LogP contribution in [0, 0.1) is 10.1 Å². The second-order valence-corrected chi connectivity index (χ2v) is 6.91. The highest BCUT2D eigenvalue weighted by molar-refractivity contribution is 7.93. The minimum Gasteiger partial charge on any atom is -0.258 e. The number of non-ortho nitro benzene ring substituents is 1. The zero-order chi connectivity index (χ0) is 16.2. The van der Waals surface area contributed by atoms with E-state index in [2.05, 4.69) is 0 Å². The van der Waals surface area contributed by atoms with Crippen LogP contribution in [0.15, 0.2) is 53.9 Å². The molecule has 0 aliphatic rings. The molecule has 5 nitrogen and oxygen atoms in total. The highest BCUT2D eigenvalue weighted by Crippen LogP contribution is 2.16. The predicted octanol–water partition coefficient (Wildman–Crippen LogP) is 3.83. The zero-order valence-electron chi connectivity index (χ0n) is 11.3. The lowest BCUT2D eigenvalue weighted by atomic mass is 10.2. The first-order chi connectivity index (χ1) is 10.4. The van der Waals surface area contributed by atoms with Gasteiger partial charge in [0.15, 0.2) is 9.84 Å². The molecule has 0 fully saturated rings. The van der Waals surface area contributed by atoms with Crippen LogP contribution in [0.3, 0.4) is 0 Å². The molecule has 0 saturated heterocycles. The van der Waals surface area contributed by atoms with Gasteiger partial charge < -0.3 is 0 Å². The van der Waals surface area contributed by atoms with Gasteiger partial charge in [-0.3, -0.25) is 10.1 Å². The predicted molar refractivity (Wildman–Crippen MR) is 86.2 cm³/mol. The van der Waals surface area contributed by atoms with Gasteiger partial charge in [0.1, 0.15) is 0 Å². The van der Waals surface area contributed by atoms with E-state index in [4.69, 9.17) is 11.6 Å². The van der Waals surface area contributed by atoms with E-state index in [9.17, 15) is 18.5 Å². The lowest BCUT2D eigenvalue weighted by molar-refractivity contribution is -0.384. The van der Waals surface area contributed by atoms with Crippen LogP contribution in [-0.2, 0) is 15.6 Å². The van der Waals surface area contributed by atoms with Crippen molar-refractivity contribution in [3.05, 3.63) is 80.2 Å². The second-order valence-electron chi connectivity index (χ2n) is 4.59. The molecule has 0 bridgehead atoms. The van der Waals surface area contributed by atoms with Crippen molar-refractivity contribution >= 4 is 33.2 Å². The van der Waals surface area contributed by atoms with Gasteiger partial charge in [-0.05, 0) is 29.3 Å². The van der Waals surface area contributed by atoms with Crippen LogP contribution in [-0.4, -0.2) is 13.3 Å². The molecule has 0 aliphatic heterocycles. The van der Waals surface area contributed by atoms with Crippen molar-refractivity contribution in [2.45, 2.75) is 5.75 Å². The van der Waals surface area contributed by atoms with E-state index >= 15 is 0 Å². The summed E-state index contributed by atoms with van der Waals surface area (Å²) in [4.78, 5) is 10.1. The molecule has 2 aromatic rings. The Morgan fingerprint density at radius 1 is 1.14 bits per heavy atom. The van der Waals surface area contributed by atoms with Crippen molar-refractivity contribution in [3.8, 4) is 0 Å². The molecular formula is C15H12ClNO4S. The molecule has 0 N–H and O–H groups in total. The van der Waals surface area contributed by atoms with Gasteiger partial charge in [0.2, 0.25) is 0 Å². The summed E-state index contributed by atoms with van der Waals surface area (Å²) in [6.45, 7) is 0. The summed E-state index contributed by atoms with van der Waals surface area (Å²) >= 11 is 5.75. The van der Waals surface area contributed by atoms with Gasteiger partial charge in [-0.1, -0.05) is 35.9 Å². The number of benzene rings is 2. The van der Waals surface area contributed by atoms with E-state index in [-0.39, 0.29) is 11.4 Å². The van der Waals surface area contributed by atoms with E-state index in [0.29, 0.717) is 16.1 Å². The highest BCUT2D eigenvalue weighted by Gasteiger charge is 2.09. The molecule has 0 heterocycles. The third kappa shape index (κ3) is 4.68. The Morgan fingerprint density at radius 2 is 1.82 bits per heavy atom. The van der Waals surface area contributed by atoms with Crippen molar-refractivity contribution in [2.24, 2.45) is 0 Å². The Bertz CT molecular complexity index is 814. The first-order valence-electron chi connectivity index (χ1n) is 6.25. The van der Waals surface area contributed by atoms with E-state index in [1.165, 1.54) is 24.3 Å². The van der Waals surface area contributed by atoms with Gasteiger partial charge in [-0.15, -0.1) is 0 Å². The third-order valence-corrected chi connectivity index (χ3v) is 4.37. The smallest absolute Gasteiger partial charge is 0.258 e. The average molecular weight is 338 g/mol. The summed E-state index contributed by atoms with van der Waals surface area (Å²) in [5.41, 5.74) is 0.985. The number of rotatable bonds is 5. The molecule has 0 aliphatic carbocycles. The monoisotopic (exact) mass is 337 g/mol. The fourth-order valence-corrected chi connectivity index (χ4v) is 3.03. The molecule has 2 rings (SSSR count). The van der Waals surface area contributed by atoms with E-state index in [0.717, 1.165) is 5.41 Å². The van der Waals surface area contributed by atoms with Crippen molar-refractivity contribution < 1.29 is 13.3 Å². The zero-order valence-corrected chi connectivity index (χ0v) is 12.9. The number of hydrogen-bond acceptors (Lipinski definition) is 4. The van der Waals surface area contributed by atoms with E-state index in [1.807, 2.05) is 0 Å². The molecule has 0 atom stereocenters. The van der Waals surface area contributed by atoms with Gasteiger partial charge in [0, 0.05) is 22.6 Å². The largest absolute Gasteiger partial charge is 0.270 e. The van der Waals surface area contributed by atoms with Gasteiger partial charge in [-0.25, -0.2) is 8.42 Å². The summed E-state index contributed by atoms with van der Waals surface area (Å²) < 4.78 is 24.0. The fourth-order valence-electron chi connectivity index (χ4n) is 1.79. The maximum absolute atomic E-state index is 12.0. The molecule has 114 valence electrons. The molecule has 0 radical (unpaired) electrons. The summed E-state index contributed by atoms with van der Waals surface area (Å²) in [6.07, 6.45) is 1.35. The van der Waals surface area contributed by atoms with Gasteiger partial charge >= 0.3 is 0 Å².